The summed E-state index contributed by atoms with van der Waals surface area (Å²) >= 11 is 3.16. The van der Waals surface area contributed by atoms with Crippen molar-refractivity contribution in [1.82, 2.24) is 0 Å². The molecule has 0 bridgehead atoms. The van der Waals surface area contributed by atoms with E-state index in [1.807, 2.05) is 0 Å². The Morgan fingerprint density at radius 2 is 1.80 bits per heavy atom. The summed E-state index contributed by atoms with van der Waals surface area (Å²) in [6.45, 7) is 0. The van der Waals surface area contributed by atoms with Gasteiger partial charge >= 0.3 is 0 Å². The summed E-state index contributed by atoms with van der Waals surface area (Å²) in [5, 5.41) is 10.4. The van der Waals surface area contributed by atoms with Gasteiger partial charge in [-0.2, -0.15) is 0 Å². The van der Waals surface area contributed by atoms with Gasteiger partial charge in [0.2, 0.25) is 0 Å². The van der Waals surface area contributed by atoms with Gasteiger partial charge < -0.3 is 0 Å². The van der Waals surface area contributed by atoms with Crippen LogP contribution in [0, 0.1) is 10.1 Å². The van der Waals surface area contributed by atoms with E-state index < -0.39 is 4.45 Å². The first-order chi connectivity index (χ1) is 4.65. The van der Waals surface area contributed by atoms with Gasteiger partial charge in [0.1, 0.15) is 0 Å². The Bertz CT molecular complexity index is 143. The van der Waals surface area contributed by atoms with Crippen LogP contribution < -0.4 is 0 Å². The van der Waals surface area contributed by atoms with Gasteiger partial charge in [0.25, 0.3) is 4.45 Å². The highest BCUT2D eigenvalue weighted by Crippen LogP contribution is 2.35. The van der Waals surface area contributed by atoms with Crippen LogP contribution in [0.3, 0.4) is 0 Å². The molecule has 1 aliphatic carbocycles. The zero-order valence-electron chi connectivity index (χ0n) is 5.68. The number of nitrogens with zero attached hydrogens (tertiary/aromatic N) is 1. The molecule has 0 spiro atoms. The average Bonchev–Trinajstić information content (AvgIpc) is 1.89. The standard InChI is InChI=1S/C6H10BrNO2/c7-6(8(9)10)4-2-1-3-5-6/h1-5H2. The molecule has 0 amide bonds. The third-order valence-corrected chi connectivity index (χ3v) is 3.03. The first-order valence-corrected chi connectivity index (χ1v) is 4.28. The molecule has 4 heteroatoms. The Labute approximate surface area is 68.1 Å². The van der Waals surface area contributed by atoms with Crippen LogP contribution in [0.15, 0.2) is 0 Å². The first kappa shape index (κ1) is 7.98. The number of nitro groups is 1. The van der Waals surface area contributed by atoms with Crippen molar-refractivity contribution >= 4 is 15.9 Å². The van der Waals surface area contributed by atoms with Gasteiger partial charge in [-0.3, -0.25) is 10.1 Å². The van der Waals surface area contributed by atoms with Crippen LogP contribution in [0.25, 0.3) is 0 Å². The van der Waals surface area contributed by atoms with Gasteiger partial charge in [0.05, 0.1) is 0 Å². The highest BCUT2D eigenvalue weighted by atomic mass is 79.9. The van der Waals surface area contributed by atoms with E-state index in [2.05, 4.69) is 15.9 Å². The predicted molar refractivity (Wildman–Crippen MR) is 41.7 cm³/mol. The molecule has 1 rings (SSSR count). The first-order valence-electron chi connectivity index (χ1n) is 3.48. The molecule has 0 heterocycles. The van der Waals surface area contributed by atoms with Gasteiger partial charge in [-0.1, -0.05) is 6.42 Å². The third kappa shape index (κ3) is 1.48. The molecule has 0 unspecified atom stereocenters. The molecule has 0 N–H and O–H groups in total. The molecule has 1 saturated carbocycles. The van der Waals surface area contributed by atoms with Crippen molar-refractivity contribution in [3.63, 3.8) is 0 Å². The molecular formula is C6H10BrNO2. The zero-order valence-corrected chi connectivity index (χ0v) is 7.26. The van der Waals surface area contributed by atoms with E-state index >= 15 is 0 Å². The Kier molecular flexibility index (Phi) is 2.28. The van der Waals surface area contributed by atoms with E-state index in [1.54, 1.807) is 0 Å². The Morgan fingerprint density at radius 1 is 1.30 bits per heavy atom. The van der Waals surface area contributed by atoms with E-state index in [4.69, 9.17) is 0 Å². The predicted octanol–water partition coefficient (Wildman–Crippen LogP) is 2.32. The summed E-state index contributed by atoms with van der Waals surface area (Å²) < 4.78 is -0.786. The Balaban J connectivity index is 2.56. The molecule has 0 aliphatic heterocycles. The maximum atomic E-state index is 10.4. The molecule has 0 saturated heterocycles. The van der Waals surface area contributed by atoms with Crippen LogP contribution in [0.4, 0.5) is 0 Å². The normalized spacial score (nSPS) is 24.1. The van der Waals surface area contributed by atoms with Crippen LogP contribution in [0.5, 0.6) is 0 Å². The lowest BCUT2D eigenvalue weighted by Crippen LogP contribution is -2.33. The quantitative estimate of drug-likeness (QED) is 0.287. The van der Waals surface area contributed by atoms with E-state index in [9.17, 15) is 10.1 Å². The molecular weight excluding hydrogens is 198 g/mol. The highest BCUT2D eigenvalue weighted by Gasteiger charge is 2.40. The van der Waals surface area contributed by atoms with Crippen LogP contribution in [-0.2, 0) is 0 Å². The molecule has 1 aliphatic rings. The molecule has 1 fully saturated rings. The number of hydrogen-bond donors (Lipinski definition) is 0. The second-order valence-electron chi connectivity index (χ2n) is 2.74. The smallest absolute Gasteiger partial charge is 0.263 e. The van der Waals surface area contributed by atoms with Crippen LogP contribution in [0.1, 0.15) is 32.1 Å². The minimum absolute atomic E-state index is 0.202. The van der Waals surface area contributed by atoms with E-state index in [-0.39, 0.29) is 4.92 Å². The lowest BCUT2D eigenvalue weighted by molar-refractivity contribution is -0.539. The highest BCUT2D eigenvalue weighted by molar-refractivity contribution is 9.10. The molecule has 0 aromatic carbocycles. The van der Waals surface area contributed by atoms with Crippen molar-refractivity contribution in [2.45, 2.75) is 36.6 Å². The van der Waals surface area contributed by atoms with Crippen molar-refractivity contribution in [2.75, 3.05) is 0 Å². The van der Waals surface area contributed by atoms with Gasteiger partial charge in [-0.25, -0.2) is 0 Å². The maximum Gasteiger partial charge on any atom is 0.274 e. The van der Waals surface area contributed by atoms with E-state index in [0.29, 0.717) is 12.8 Å². The minimum Gasteiger partial charge on any atom is -0.263 e. The summed E-state index contributed by atoms with van der Waals surface area (Å²) in [7, 11) is 0. The number of rotatable bonds is 1. The molecule has 10 heavy (non-hydrogen) atoms. The van der Waals surface area contributed by atoms with Gasteiger partial charge in [0.15, 0.2) is 0 Å². The SMILES string of the molecule is O=[N+]([O-])C1(Br)CCCCC1. The fourth-order valence-electron chi connectivity index (χ4n) is 1.28. The molecule has 0 radical (unpaired) electrons. The van der Waals surface area contributed by atoms with Crippen molar-refractivity contribution in [2.24, 2.45) is 0 Å². The van der Waals surface area contributed by atoms with Crippen LogP contribution in [0.2, 0.25) is 0 Å². The largest absolute Gasteiger partial charge is 0.274 e. The zero-order chi connectivity index (χ0) is 7.61. The molecule has 0 atom stereocenters. The van der Waals surface area contributed by atoms with Crippen molar-refractivity contribution < 1.29 is 4.92 Å². The lowest BCUT2D eigenvalue weighted by Gasteiger charge is -2.22. The van der Waals surface area contributed by atoms with Crippen molar-refractivity contribution in [3.8, 4) is 0 Å². The molecule has 0 aromatic heterocycles. The van der Waals surface area contributed by atoms with Crippen molar-refractivity contribution in [3.05, 3.63) is 10.1 Å². The Hall–Kier alpha value is -0.120. The molecule has 3 nitrogen and oxygen atoms in total. The van der Waals surface area contributed by atoms with Crippen LogP contribution >= 0.6 is 15.9 Å². The summed E-state index contributed by atoms with van der Waals surface area (Å²) in [4.78, 5) is 10.2. The second-order valence-corrected chi connectivity index (χ2v) is 4.21. The van der Waals surface area contributed by atoms with Gasteiger partial charge in [0, 0.05) is 33.7 Å². The number of halogens is 1. The average molecular weight is 208 g/mol. The van der Waals surface area contributed by atoms with Gasteiger partial charge in [-0.05, 0) is 12.8 Å². The summed E-state index contributed by atoms with van der Waals surface area (Å²) in [6.07, 6.45) is 4.46. The summed E-state index contributed by atoms with van der Waals surface area (Å²) in [5.74, 6) is 0. The second kappa shape index (κ2) is 2.86. The molecule has 0 aromatic rings. The summed E-state index contributed by atoms with van der Waals surface area (Å²) in [6, 6.07) is 0. The van der Waals surface area contributed by atoms with Crippen molar-refractivity contribution in [1.29, 1.82) is 0 Å². The Morgan fingerprint density at radius 3 is 2.10 bits per heavy atom. The van der Waals surface area contributed by atoms with Crippen LogP contribution in [-0.4, -0.2) is 9.37 Å². The monoisotopic (exact) mass is 207 g/mol. The lowest BCUT2D eigenvalue weighted by atomic mass is 9.96. The minimum atomic E-state index is -0.786. The number of alkyl halides is 1. The maximum absolute atomic E-state index is 10.4. The summed E-state index contributed by atoms with van der Waals surface area (Å²) in [5.41, 5.74) is 0. The van der Waals surface area contributed by atoms with E-state index in [0.717, 1.165) is 19.3 Å². The molecule has 58 valence electrons. The topological polar surface area (TPSA) is 43.1 Å². The third-order valence-electron chi connectivity index (χ3n) is 1.95. The van der Waals surface area contributed by atoms with E-state index in [1.165, 1.54) is 0 Å². The number of hydrogen-bond acceptors (Lipinski definition) is 2. The van der Waals surface area contributed by atoms with Gasteiger partial charge in [-0.15, -0.1) is 0 Å². The fraction of sp³-hybridized carbons (Fsp3) is 1.00. The fourth-order valence-corrected chi connectivity index (χ4v) is 1.84.